The van der Waals surface area contributed by atoms with Crippen LogP contribution in [0.4, 0.5) is 4.79 Å². The van der Waals surface area contributed by atoms with Crippen LogP contribution in [0, 0.1) is 12.3 Å². The number of hydrogen-bond acceptors (Lipinski definition) is 3. The molecule has 0 fully saturated rings. The molecule has 0 radical (unpaired) electrons. The van der Waals surface area contributed by atoms with Gasteiger partial charge in [-0.15, -0.1) is 6.42 Å². The predicted molar refractivity (Wildman–Crippen MR) is 64.1 cm³/mol. The summed E-state index contributed by atoms with van der Waals surface area (Å²) >= 11 is 0. The molecular weight excluding hydrogens is 204 g/mol. The molecule has 0 atom stereocenters. The van der Waals surface area contributed by atoms with Gasteiger partial charge in [0.1, 0.15) is 0 Å². The molecule has 0 unspecified atom stereocenters. The number of carbonyl (C=O) groups is 1. The van der Waals surface area contributed by atoms with E-state index in [1.54, 1.807) is 0 Å². The third-order valence-electron chi connectivity index (χ3n) is 2.24. The summed E-state index contributed by atoms with van der Waals surface area (Å²) in [5.74, 6) is 2.21. The average molecular weight is 226 g/mol. The summed E-state index contributed by atoms with van der Waals surface area (Å²) < 4.78 is 9.37. The van der Waals surface area contributed by atoms with Gasteiger partial charge in [-0.1, -0.05) is 51.4 Å². The Balaban J connectivity index is 3.09. The van der Waals surface area contributed by atoms with Crippen LogP contribution in [0.15, 0.2) is 0 Å². The smallest absolute Gasteiger partial charge is 0.434 e. The van der Waals surface area contributed by atoms with Crippen LogP contribution in [-0.4, -0.2) is 19.4 Å². The van der Waals surface area contributed by atoms with Crippen molar-refractivity contribution in [3.8, 4) is 12.3 Å². The van der Waals surface area contributed by atoms with Gasteiger partial charge in [-0.3, -0.25) is 0 Å². The molecule has 0 aliphatic carbocycles. The van der Waals surface area contributed by atoms with Crippen LogP contribution in [0.2, 0.25) is 0 Å². The Bertz CT molecular complexity index is 206. The van der Waals surface area contributed by atoms with E-state index in [1.807, 2.05) is 0 Å². The first-order chi connectivity index (χ1) is 7.81. The molecule has 0 amide bonds. The molecule has 0 aromatic heterocycles. The van der Waals surface area contributed by atoms with Crippen molar-refractivity contribution in [2.75, 3.05) is 13.2 Å². The first-order valence-corrected chi connectivity index (χ1v) is 6.04. The fourth-order valence-electron chi connectivity index (χ4n) is 1.36. The molecule has 16 heavy (non-hydrogen) atoms. The van der Waals surface area contributed by atoms with Crippen molar-refractivity contribution in [2.24, 2.45) is 0 Å². The Morgan fingerprint density at radius 2 is 1.69 bits per heavy atom. The lowest BCUT2D eigenvalue weighted by molar-refractivity contribution is 0.0632. The maximum absolute atomic E-state index is 10.8. The van der Waals surface area contributed by atoms with E-state index in [4.69, 9.17) is 11.2 Å². The molecule has 3 nitrogen and oxygen atoms in total. The molecule has 0 N–H and O–H groups in total. The normalized spacial score (nSPS) is 9.50. The van der Waals surface area contributed by atoms with Crippen LogP contribution in [0.3, 0.4) is 0 Å². The third-order valence-corrected chi connectivity index (χ3v) is 2.24. The van der Waals surface area contributed by atoms with Gasteiger partial charge >= 0.3 is 6.16 Å². The highest BCUT2D eigenvalue weighted by Crippen LogP contribution is 2.06. The third kappa shape index (κ3) is 10.9. The number of terminal acetylenes is 1. The zero-order valence-electron chi connectivity index (χ0n) is 10.2. The number of unbranched alkanes of at least 4 members (excludes halogenated alkanes) is 6. The molecule has 0 heterocycles. The largest absolute Gasteiger partial charge is 0.509 e. The van der Waals surface area contributed by atoms with Crippen LogP contribution in [0.25, 0.3) is 0 Å². The first-order valence-electron chi connectivity index (χ1n) is 6.04. The molecule has 0 aliphatic heterocycles. The van der Waals surface area contributed by atoms with Crippen LogP contribution >= 0.6 is 0 Å². The van der Waals surface area contributed by atoms with Gasteiger partial charge < -0.3 is 9.47 Å². The van der Waals surface area contributed by atoms with Crippen LogP contribution in [0.1, 0.15) is 51.9 Å². The van der Waals surface area contributed by atoms with Gasteiger partial charge in [0.15, 0.2) is 6.61 Å². The Labute approximate surface area is 98.5 Å². The minimum atomic E-state index is -0.663. The van der Waals surface area contributed by atoms with Crippen LogP contribution in [-0.2, 0) is 9.47 Å². The zero-order chi connectivity index (χ0) is 12.1. The predicted octanol–water partition coefficient (Wildman–Crippen LogP) is 3.52. The molecule has 0 aromatic carbocycles. The standard InChI is InChI=1S/C13H22O3/c1-3-5-6-7-8-9-10-12-16-13(14)15-11-4-2/h2H,3,5-12H2,1H3. The molecule has 0 bridgehead atoms. The summed E-state index contributed by atoms with van der Waals surface area (Å²) in [6.07, 6.45) is 12.6. The van der Waals surface area contributed by atoms with E-state index in [2.05, 4.69) is 17.6 Å². The van der Waals surface area contributed by atoms with E-state index >= 15 is 0 Å². The first kappa shape index (κ1) is 14.8. The molecule has 92 valence electrons. The molecule has 0 aromatic rings. The van der Waals surface area contributed by atoms with Gasteiger partial charge in [-0.2, -0.15) is 0 Å². The maximum atomic E-state index is 10.8. The Morgan fingerprint density at radius 3 is 2.31 bits per heavy atom. The monoisotopic (exact) mass is 226 g/mol. The van der Waals surface area contributed by atoms with Gasteiger partial charge in [0, 0.05) is 0 Å². The highest BCUT2D eigenvalue weighted by molar-refractivity contribution is 5.59. The highest BCUT2D eigenvalue weighted by atomic mass is 16.7. The summed E-state index contributed by atoms with van der Waals surface area (Å²) in [4.78, 5) is 10.8. The Hall–Kier alpha value is -1.17. The summed E-state index contributed by atoms with van der Waals surface area (Å²) in [6.45, 7) is 2.61. The van der Waals surface area contributed by atoms with Crippen molar-refractivity contribution in [3.05, 3.63) is 0 Å². The fourth-order valence-corrected chi connectivity index (χ4v) is 1.36. The highest BCUT2D eigenvalue weighted by Gasteiger charge is 2.01. The second kappa shape index (κ2) is 11.9. The maximum Gasteiger partial charge on any atom is 0.509 e. The number of ether oxygens (including phenoxy) is 2. The molecule has 0 aliphatic rings. The van der Waals surface area contributed by atoms with Gasteiger partial charge in [-0.25, -0.2) is 4.79 Å². The van der Waals surface area contributed by atoms with Crippen molar-refractivity contribution < 1.29 is 14.3 Å². The van der Waals surface area contributed by atoms with Gasteiger partial charge in [-0.05, 0) is 6.42 Å². The van der Waals surface area contributed by atoms with E-state index in [-0.39, 0.29) is 6.61 Å². The molecule has 3 heteroatoms. The number of carbonyl (C=O) groups excluding carboxylic acids is 1. The lowest BCUT2D eigenvalue weighted by Crippen LogP contribution is -2.08. The minimum absolute atomic E-state index is 0.0180. The summed E-state index contributed by atoms with van der Waals surface area (Å²) in [5.41, 5.74) is 0. The van der Waals surface area contributed by atoms with E-state index in [1.165, 1.54) is 32.1 Å². The second-order valence-electron chi connectivity index (χ2n) is 3.71. The van der Waals surface area contributed by atoms with Crippen LogP contribution in [0.5, 0.6) is 0 Å². The Morgan fingerprint density at radius 1 is 1.06 bits per heavy atom. The van der Waals surface area contributed by atoms with Gasteiger partial charge in [0.05, 0.1) is 6.61 Å². The lowest BCUT2D eigenvalue weighted by Gasteiger charge is -2.03. The molecule has 0 spiro atoms. The molecule has 0 saturated carbocycles. The number of hydrogen-bond donors (Lipinski definition) is 0. The van der Waals surface area contributed by atoms with E-state index in [0.717, 1.165) is 12.8 Å². The summed E-state index contributed by atoms with van der Waals surface area (Å²) in [7, 11) is 0. The topological polar surface area (TPSA) is 35.5 Å². The second-order valence-corrected chi connectivity index (χ2v) is 3.71. The Kier molecular flexibility index (Phi) is 11.0. The van der Waals surface area contributed by atoms with Gasteiger partial charge in [0.25, 0.3) is 0 Å². The van der Waals surface area contributed by atoms with Crippen LogP contribution < -0.4 is 0 Å². The molecule has 0 rings (SSSR count). The van der Waals surface area contributed by atoms with Crippen molar-refractivity contribution >= 4 is 6.16 Å². The van der Waals surface area contributed by atoms with Crippen molar-refractivity contribution in [1.82, 2.24) is 0 Å². The van der Waals surface area contributed by atoms with E-state index in [9.17, 15) is 4.79 Å². The number of rotatable bonds is 9. The van der Waals surface area contributed by atoms with E-state index < -0.39 is 6.16 Å². The van der Waals surface area contributed by atoms with Crippen molar-refractivity contribution in [3.63, 3.8) is 0 Å². The summed E-state index contributed by atoms with van der Waals surface area (Å²) in [5, 5.41) is 0. The SMILES string of the molecule is C#CCOC(=O)OCCCCCCCCC. The van der Waals surface area contributed by atoms with Crippen molar-refractivity contribution in [2.45, 2.75) is 51.9 Å². The van der Waals surface area contributed by atoms with Gasteiger partial charge in [0.2, 0.25) is 0 Å². The molecular formula is C13H22O3. The van der Waals surface area contributed by atoms with Crippen molar-refractivity contribution in [1.29, 1.82) is 0 Å². The lowest BCUT2D eigenvalue weighted by atomic mass is 10.1. The quantitative estimate of drug-likeness (QED) is 0.343. The zero-order valence-corrected chi connectivity index (χ0v) is 10.2. The minimum Gasteiger partial charge on any atom is -0.434 e. The average Bonchev–Trinajstić information content (AvgIpc) is 2.30. The summed E-state index contributed by atoms with van der Waals surface area (Å²) in [6, 6.07) is 0. The van der Waals surface area contributed by atoms with E-state index in [0.29, 0.717) is 6.61 Å². The molecule has 0 saturated heterocycles. The fraction of sp³-hybridized carbons (Fsp3) is 0.769.